The molecule has 1 saturated carbocycles. The molecule has 3 atom stereocenters. The Morgan fingerprint density at radius 1 is 1.50 bits per heavy atom. The molecule has 0 amide bonds. The van der Waals surface area contributed by atoms with Gasteiger partial charge in [0.25, 0.3) is 0 Å². The number of ether oxygens (including phenoxy) is 1. The zero-order valence-corrected chi connectivity index (χ0v) is 10.1. The summed E-state index contributed by atoms with van der Waals surface area (Å²) in [5.41, 5.74) is 0.0739. The number of hydrogen-bond donors (Lipinski definition) is 2. The summed E-state index contributed by atoms with van der Waals surface area (Å²) in [6.45, 7) is 3.37. The van der Waals surface area contributed by atoms with Crippen molar-refractivity contribution in [3.8, 4) is 0 Å². The lowest BCUT2D eigenvalue weighted by atomic mass is 9.85. The van der Waals surface area contributed by atoms with Crippen molar-refractivity contribution in [2.45, 2.75) is 51.2 Å². The van der Waals surface area contributed by atoms with Gasteiger partial charge in [-0.15, -0.1) is 0 Å². The summed E-state index contributed by atoms with van der Waals surface area (Å²) in [7, 11) is 0. The third kappa shape index (κ3) is 2.58. The van der Waals surface area contributed by atoms with Crippen LogP contribution in [-0.2, 0) is 4.74 Å². The number of hydrogen-bond acceptors (Lipinski definition) is 3. The molecule has 0 bridgehead atoms. The Kier molecular flexibility index (Phi) is 3.87. The fourth-order valence-electron chi connectivity index (χ4n) is 2.78. The molecular formula is C13H23NO2. The van der Waals surface area contributed by atoms with Gasteiger partial charge in [0, 0.05) is 24.6 Å². The van der Waals surface area contributed by atoms with Gasteiger partial charge in [-0.1, -0.05) is 13.3 Å². The third-order valence-corrected chi connectivity index (χ3v) is 4.06. The van der Waals surface area contributed by atoms with Crippen LogP contribution in [0.15, 0.2) is 12.3 Å². The molecule has 0 spiro atoms. The normalized spacial score (nSPS) is 38.6. The first-order valence-corrected chi connectivity index (χ1v) is 6.39. The van der Waals surface area contributed by atoms with Gasteiger partial charge in [0.2, 0.25) is 0 Å². The van der Waals surface area contributed by atoms with Crippen LogP contribution in [0.25, 0.3) is 0 Å². The van der Waals surface area contributed by atoms with Crippen LogP contribution in [0.1, 0.15) is 39.0 Å². The van der Waals surface area contributed by atoms with Crippen molar-refractivity contribution in [1.82, 2.24) is 5.32 Å². The second-order valence-corrected chi connectivity index (χ2v) is 5.37. The van der Waals surface area contributed by atoms with Crippen molar-refractivity contribution >= 4 is 0 Å². The summed E-state index contributed by atoms with van der Waals surface area (Å²) in [6.07, 6.45) is 9.96. The monoisotopic (exact) mass is 225 g/mol. The van der Waals surface area contributed by atoms with E-state index in [4.69, 9.17) is 4.74 Å². The van der Waals surface area contributed by atoms with E-state index in [1.54, 1.807) is 0 Å². The highest BCUT2D eigenvalue weighted by Crippen LogP contribution is 2.37. The summed E-state index contributed by atoms with van der Waals surface area (Å²) in [6, 6.07) is 0.451. The van der Waals surface area contributed by atoms with Crippen LogP contribution in [0.3, 0.4) is 0 Å². The zero-order chi connectivity index (χ0) is 11.4. The Morgan fingerprint density at radius 3 is 3.06 bits per heavy atom. The topological polar surface area (TPSA) is 41.5 Å². The Balaban J connectivity index is 1.78. The second-order valence-electron chi connectivity index (χ2n) is 5.37. The van der Waals surface area contributed by atoms with Crippen LogP contribution in [0.5, 0.6) is 0 Å². The van der Waals surface area contributed by atoms with Crippen molar-refractivity contribution in [1.29, 1.82) is 0 Å². The Labute approximate surface area is 97.9 Å². The molecular weight excluding hydrogens is 202 g/mol. The molecule has 2 N–H and O–H groups in total. The summed E-state index contributed by atoms with van der Waals surface area (Å²) >= 11 is 0. The van der Waals surface area contributed by atoms with Crippen LogP contribution in [0.2, 0.25) is 0 Å². The molecule has 1 aliphatic heterocycles. The van der Waals surface area contributed by atoms with Gasteiger partial charge in [0.15, 0.2) is 0 Å². The van der Waals surface area contributed by atoms with Crippen LogP contribution in [0.4, 0.5) is 0 Å². The molecule has 0 aromatic heterocycles. The highest BCUT2D eigenvalue weighted by molar-refractivity contribution is 4.94. The molecule has 2 rings (SSSR count). The van der Waals surface area contributed by atoms with E-state index in [1.807, 2.05) is 6.26 Å². The fourth-order valence-corrected chi connectivity index (χ4v) is 2.78. The van der Waals surface area contributed by atoms with E-state index in [2.05, 4.69) is 18.3 Å². The van der Waals surface area contributed by atoms with Crippen molar-refractivity contribution in [2.75, 3.05) is 13.2 Å². The van der Waals surface area contributed by atoms with Crippen LogP contribution >= 0.6 is 0 Å². The molecule has 0 saturated heterocycles. The molecule has 0 unspecified atom stereocenters. The summed E-state index contributed by atoms with van der Waals surface area (Å²) in [4.78, 5) is 0. The minimum atomic E-state index is 0.0739. The maximum atomic E-state index is 9.45. The number of nitrogens with one attached hydrogen (secondary N) is 1. The van der Waals surface area contributed by atoms with Gasteiger partial charge in [0.1, 0.15) is 6.10 Å². The number of aliphatic hydroxyl groups is 1. The maximum Gasteiger partial charge on any atom is 0.110 e. The number of rotatable bonds is 4. The van der Waals surface area contributed by atoms with E-state index in [0.29, 0.717) is 12.1 Å². The van der Waals surface area contributed by atoms with Crippen molar-refractivity contribution in [2.24, 2.45) is 5.41 Å². The predicted octanol–water partition coefficient (Wildman–Crippen LogP) is 1.82. The molecule has 1 heterocycles. The highest BCUT2D eigenvalue weighted by Gasteiger charge is 2.38. The minimum absolute atomic E-state index is 0.0739. The van der Waals surface area contributed by atoms with Gasteiger partial charge >= 0.3 is 0 Å². The van der Waals surface area contributed by atoms with Crippen molar-refractivity contribution in [3.05, 3.63) is 12.3 Å². The Hall–Kier alpha value is -0.540. The largest absolute Gasteiger partial charge is 0.497 e. The lowest BCUT2D eigenvalue weighted by molar-refractivity contribution is 0.0906. The molecule has 3 nitrogen and oxygen atoms in total. The van der Waals surface area contributed by atoms with Gasteiger partial charge in [-0.05, 0) is 31.8 Å². The van der Waals surface area contributed by atoms with Gasteiger partial charge in [0.05, 0.1) is 6.26 Å². The highest BCUT2D eigenvalue weighted by atomic mass is 16.5. The molecule has 1 aliphatic carbocycles. The molecule has 16 heavy (non-hydrogen) atoms. The Bertz CT molecular complexity index is 254. The van der Waals surface area contributed by atoms with Gasteiger partial charge < -0.3 is 15.2 Å². The first-order chi connectivity index (χ1) is 7.74. The first kappa shape index (κ1) is 11.9. The minimum Gasteiger partial charge on any atom is -0.497 e. The molecule has 0 aromatic rings. The average Bonchev–Trinajstić information content (AvgIpc) is 2.70. The molecule has 3 heteroatoms. The van der Waals surface area contributed by atoms with Crippen molar-refractivity contribution in [3.63, 3.8) is 0 Å². The second kappa shape index (κ2) is 5.19. The lowest BCUT2D eigenvalue weighted by Gasteiger charge is -2.32. The lowest BCUT2D eigenvalue weighted by Crippen LogP contribution is -2.45. The molecule has 92 valence electrons. The van der Waals surface area contributed by atoms with E-state index in [9.17, 15) is 5.11 Å². The predicted molar refractivity (Wildman–Crippen MR) is 64.1 cm³/mol. The third-order valence-electron chi connectivity index (χ3n) is 4.06. The van der Waals surface area contributed by atoms with Gasteiger partial charge in [-0.3, -0.25) is 0 Å². The molecule has 0 aromatic carbocycles. The Morgan fingerprint density at radius 2 is 2.38 bits per heavy atom. The number of allylic oxidation sites excluding steroid dienone is 1. The fraction of sp³-hybridized carbons (Fsp3) is 0.846. The quantitative estimate of drug-likeness (QED) is 0.767. The van der Waals surface area contributed by atoms with Gasteiger partial charge in [-0.2, -0.15) is 0 Å². The molecule has 1 fully saturated rings. The summed E-state index contributed by atoms with van der Waals surface area (Å²) in [5, 5.41) is 13.0. The zero-order valence-electron chi connectivity index (χ0n) is 10.1. The summed E-state index contributed by atoms with van der Waals surface area (Å²) < 4.78 is 5.53. The summed E-state index contributed by atoms with van der Waals surface area (Å²) in [5.74, 6) is 0. The number of aliphatic hydroxyl groups excluding tert-OH is 1. The van der Waals surface area contributed by atoms with E-state index < -0.39 is 0 Å². The van der Waals surface area contributed by atoms with Gasteiger partial charge in [-0.25, -0.2) is 0 Å². The van der Waals surface area contributed by atoms with E-state index in [-0.39, 0.29) is 12.0 Å². The molecule has 2 aliphatic rings. The smallest absolute Gasteiger partial charge is 0.110 e. The van der Waals surface area contributed by atoms with E-state index in [1.165, 1.54) is 12.8 Å². The molecule has 0 radical (unpaired) electrons. The van der Waals surface area contributed by atoms with Crippen LogP contribution in [-0.4, -0.2) is 30.4 Å². The first-order valence-electron chi connectivity index (χ1n) is 6.39. The standard InChI is InChI=1S/C13H23NO2/c1-13(10-15)7-4-6-12(13)14-9-11-5-2-3-8-16-11/h3,8,11-12,14-15H,2,4-7,9-10H2,1H3/t11-,12+,13-/m1/s1. The van der Waals surface area contributed by atoms with E-state index >= 15 is 0 Å². The van der Waals surface area contributed by atoms with Crippen molar-refractivity contribution < 1.29 is 9.84 Å². The average molecular weight is 225 g/mol. The van der Waals surface area contributed by atoms with Crippen LogP contribution in [0, 0.1) is 5.41 Å². The van der Waals surface area contributed by atoms with E-state index in [0.717, 1.165) is 25.8 Å². The SMILES string of the molecule is C[C@]1(CO)CCC[C@@H]1NC[C@H]1CCC=CO1. The van der Waals surface area contributed by atoms with Crippen LogP contribution < -0.4 is 5.32 Å². The maximum absolute atomic E-state index is 9.45.